The monoisotopic (exact) mass is 385 g/mol. The summed E-state index contributed by atoms with van der Waals surface area (Å²) in [7, 11) is 0. The summed E-state index contributed by atoms with van der Waals surface area (Å²) in [6.07, 6.45) is -5.04. The average Bonchev–Trinajstić information content (AvgIpc) is 3.27. The molecule has 0 saturated carbocycles. The molecule has 2 N–H and O–H groups in total. The normalized spacial score (nSPS) is 23.2. The molecule has 2 atom stereocenters. The van der Waals surface area contributed by atoms with Crippen LogP contribution in [-0.4, -0.2) is 65.4 Å². The molecule has 11 heteroatoms. The van der Waals surface area contributed by atoms with Gasteiger partial charge in [0.05, 0.1) is 29.3 Å². The number of oxime groups is 1. The number of alkyl halides is 3. The van der Waals surface area contributed by atoms with Crippen LogP contribution in [0.2, 0.25) is 0 Å². The van der Waals surface area contributed by atoms with Crippen molar-refractivity contribution >= 4 is 23.5 Å². The molecule has 3 aliphatic rings. The number of carbonyl (C=O) groups excluding carboxylic acids is 2. The molecule has 1 aromatic carbocycles. The van der Waals surface area contributed by atoms with Crippen LogP contribution in [0.15, 0.2) is 29.4 Å². The number of nitrogens with zero attached hydrogens (tertiary/aromatic N) is 2. The second kappa shape index (κ2) is 6.99. The minimum absolute atomic E-state index is 0.0418. The summed E-state index contributed by atoms with van der Waals surface area (Å²) < 4.78 is 31.7. The molecule has 0 unspecified atom stereocenters. The lowest BCUT2D eigenvalue weighted by Crippen LogP contribution is -2.38. The molecule has 0 aliphatic carbocycles. The number of hydrogen-bond acceptors (Lipinski definition) is 6. The zero-order valence-corrected chi connectivity index (χ0v) is 13.7. The Bertz CT molecular complexity index is 789. The third-order valence-corrected chi connectivity index (χ3v) is 4.33. The molecular formula is C16H14F3N3O5. The summed E-state index contributed by atoms with van der Waals surface area (Å²) >= 11 is 0. The van der Waals surface area contributed by atoms with E-state index in [2.05, 4.69) is 10.5 Å². The van der Waals surface area contributed by atoms with Gasteiger partial charge in [0.2, 0.25) is 0 Å². The number of carboxylic acids is 1. The van der Waals surface area contributed by atoms with Gasteiger partial charge in [-0.2, -0.15) is 13.2 Å². The molecule has 1 aromatic rings. The van der Waals surface area contributed by atoms with Gasteiger partial charge in [-0.1, -0.05) is 17.3 Å². The maximum atomic E-state index is 12.3. The SMILES string of the molecule is O=C(O)C(F)(F)F.O=C1c2ccccc2C(=O)N1CC1=NO[C@@H]2CNC[C@H]12. The molecule has 0 bridgehead atoms. The predicted octanol–water partition coefficient (Wildman–Crippen LogP) is 0.890. The maximum absolute atomic E-state index is 12.3. The van der Waals surface area contributed by atoms with E-state index in [0.29, 0.717) is 11.1 Å². The molecule has 3 heterocycles. The fraction of sp³-hybridized carbons (Fsp3) is 0.375. The Morgan fingerprint density at radius 1 is 1.22 bits per heavy atom. The van der Waals surface area contributed by atoms with Crippen molar-refractivity contribution in [2.75, 3.05) is 19.6 Å². The van der Waals surface area contributed by atoms with E-state index in [-0.39, 0.29) is 30.4 Å². The molecule has 4 rings (SSSR count). The molecule has 1 saturated heterocycles. The number of imide groups is 1. The van der Waals surface area contributed by atoms with E-state index >= 15 is 0 Å². The van der Waals surface area contributed by atoms with Crippen LogP contribution in [0.25, 0.3) is 0 Å². The number of hydrogen-bond donors (Lipinski definition) is 2. The van der Waals surface area contributed by atoms with Gasteiger partial charge in [0.25, 0.3) is 11.8 Å². The van der Waals surface area contributed by atoms with Crippen molar-refractivity contribution in [2.24, 2.45) is 11.1 Å². The van der Waals surface area contributed by atoms with Gasteiger partial charge in [-0.3, -0.25) is 14.5 Å². The molecule has 27 heavy (non-hydrogen) atoms. The first-order chi connectivity index (χ1) is 12.7. The number of amides is 2. The highest BCUT2D eigenvalue weighted by molar-refractivity contribution is 6.22. The molecule has 3 aliphatic heterocycles. The van der Waals surface area contributed by atoms with Crippen LogP contribution in [0.1, 0.15) is 20.7 Å². The Kier molecular flexibility index (Phi) is 4.87. The molecule has 0 aromatic heterocycles. The topological polar surface area (TPSA) is 108 Å². The van der Waals surface area contributed by atoms with Gasteiger partial charge in [0.1, 0.15) is 6.10 Å². The highest BCUT2D eigenvalue weighted by Gasteiger charge is 2.42. The van der Waals surface area contributed by atoms with Crippen LogP contribution in [-0.2, 0) is 9.63 Å². The fourth-order valence-corrected chi connectivity index (χ4v) is 2.99. The molecule has 2 amide bonds. The van der Waals surface area contributed by atoms with Crippen molar-refractivity contribution in [2.45, 2.75) is 12.3 Å². The lowest BCUT2D eigenvalue weighted by Gasteiger charge is -2.15. The van der Waals surface area contributed by atoms with E-state index in [1.807, 2.05) is 0 Å². The van der Waals surface area contributed by atoms with Crippen LogP contribution < -0.4 is 5.32 Å². The van der Waals surface area contributed by atoms with Crippen molar-refractivity contribution in [1.29, 1.82) is 0 Å². The van der Waals surface area contributed by atoms with Gasteiger partial charge < -0.3 is 15.3 Å². The van der Waals surface area contributed by atoms with E-state index in [9.17, 15) is 22.8 Å². The summed E-state index contributed by atoms with van der Waals surface area (Å²) in [6.45, 7) is 1.77. The molecule has 144 valence electrons. The van der Waals surface area contributed by atoms with Crippen LogP contribution >= 0.6 is 0 Å². The van der Waals surface area contributed by atoms with Crippen LogP contribution in [0.3, 0.4) is 0 Å². The van der Waals surface area contributed by atoms with Crippen LogP contribution in [0, 0.1) is 5.92 Å². The summed E-state index contributed by atoms with van der Waals surface area (Å²) in [5, 5.41) is 14.4. The zero-order valence-electron chi connectivity index (χ0n) is 13.7. The lowest BCUT2D eigenvalue weighted by atomic mass is 10.0. The Morgan fingerprint density at radius 3 is 2.30 bits per heavy atom. The van der Waals surface area contributed by atoms with Crippen molar-refractivity contribution in [1.82, 2.24) is 10.2 Å². The summed E-state index contributed by atoms with van der Waals surface area (Å²) in [4.78, 5) is 40.0. The lowest BCUT2D eigenvalue weighted by molar-refractivity contribution is -0.192. The van der Waals surface area contributed by atoms with E-state index < -0.39 is 12.1 Å². The number of rotatable bonds is 2. The van der Waals surface area contributed by atoms with Gasteiger partial charge in [0.15, 0.2) is 0 Å². The quantitative estimate of drug-likeness (QED) is 0.732. The van der Waals surface area contributed by atoms with Crippen molar-refractivity contribution in [3.63, 3.8) is 0 Å². The zero-order chi connectivity index (χ0) is 19.8. The average molecular weight is 385 g/mol. The number of halogens is 3. The standard InChI is InChI=1S/C14H13N3O3.C2HF3O2/c18-13-8-3-1-2-4-9(8)14(19)17(13)7-11-10-5-15-6-12(10)20-16-11;3-2(4,5)1(6)7/h1-4,10,12,15H,5-7H2;(H,6,7)/t10-,12-;/m1./s1. The Hall–Kier alpha value is -2.95. The summed E-state index contributed by atoms with van der Waals surface area (Å²) in [5.41, 5.74) is 1.71. The minimum Gasteiger partial charge on any atom is -0.475 e. The van der Waals surface area contributed by atoms with Crippen LogP contribution in [0.4, 0.5) is 13.2 Å². The third kappa shape index (κ3) is 3.63. The van der Waals surface area contributed by atoms with Crippen molar-refractivity contribution < 1.29 is 37.5 Å². The first-order valence-corrected chi connectivity index (χ1v) is 7.88. The molecule has 8 nitrogen and oxygen atoms in total. The van der Waals surface area contributed by atoms with E-state index in [0.717, 1.165) is 18.8 Å². The molecular weight excluding hydrogens is 371 g/mol. The Balaban J connectivity index is 0.000000260. The first kappa shape index (κ1) is 18.8. The van der Waals surface area contributed by atoms with E-state index in [1.165, 1.54) is 4.90 Å². The Morgan fingerprint density at radius 2 is 1.78 bits per heavy atom. The third-order valence-electron chi connectivity index (χ3n) is 4.33. The number of fused-ring (bicyclic) bond motifs is 2. The van der Waals surface area contributed by atoms with Crippen molar-refractivity contribution in [3.8, 4) is 0 Å². The summed E-state index contributed by atoms with van der Waals surface area (Å²) in [6, 6.07) is 6.90. The molecule has 0 spiro atoms. The van der Waals surface area contributed by atoms with Crippen LogP contribution in [0.5, 0.6) is 0 Å². The minimum atomic E-state index is -5.08. The van der Waals surface area contributed by atoms with E-state index in [4.69, 9.17) is 14.7 Å². The van der Waals surface area contributed by atoms with E-state index in [1.54, 1.807) is 24.3 Å². The van der Waals surface area contributed by atoms with Gasteiger partial charge in [-0.05, 0) is 12.1 Å². The number of benzene rings is 1. The predicted molar refractivity (Wildman–Crippen MR) is 84.2 cm³/mol. The van der Waals surface area contributed by atoms with Gasteiger partial charge in [-0.25, -0.2) is 4.79 Å². The van der Waals surface area contributed by atoms with Crippen molar-refractivity contribution in [3.05, 3.63) is 35.4 Å². The molecule has 1 fully saturated rings. The first-order valence-electron chi connectivity index (χ1n) is 7.88. The highest BCUT2D eigenvalue weighted by Crippen LogP contribution is 2.26. The second-order valence-electron chi connectivity index (χ2n) is 6.04. The fourth-order valence-electron chi connectivity index (χ4n) is 2.99. The second-order valence-corrected chi connectivity index (χ2v) is 6.04. The van der Waals surface area contributed by atoms with Gasteiger partial charge in [0, 0.05) is 13.1 Å². The Labute approximate surface area is 150 Å². The number of carbonyl (C=O) groups is 3. The largest absolute Gasteiger partial charge is 0.490 e. The maximum Gasteiger partial charge on any atom is 0.490 e. The number of nitrogens with one attached hydrogen (secondary N) is 1. The number of carboxylic acid groups (broad SMARTS) is 1. The smallest absolute Gasteiger partial charge is 0.475 e. The highest BCUT2D eigenvalue weighted by atomic mass is 19.4. The van der Waals surface area contributed by atoms with Gasteiger partial charge in [-0.15, -0.1) is 0 Å². The van der Waals surface area contributed by atoms with Gasteiger partial charge >= 0.3 is 12.1 Å². The summed E-state index contributed by atoms with van der Waals surface area (Å²) in [5.74, 6) is -3.09. The number of aliphatic carboxylic acids is 1. The molecule has 0 radical (unpaired) electrons.